The van der Waals surface area contributed by atoms with Crippen molar-refractivity contribution in [2.24, 2.45) is 0 Å². The molecule has 0 amide bonds. The minimum absolute atomic E-state index is 0.0324. The molecule has 114 valence electrons. The Bertz CT molecular complexity index is 588. The largest absolute Gasteiger partial charge is 0.497 e. The van der Waals surface area contributed by atoms with Gasteiger partial charge < -0.3 is 19.8 Å². The topological polar surface area (TPSA) is 72.2 Å². The van der Waals surface area contributed by atoms with Gasteiger partial charge in [-0.05, 0) is 32.0 Å². The lowest BCUT2D eigenvalue weighted by molar-refractivity contribution is 0.414. The molecule has 1 unspecified atom stereocenters. The van der Waals surface area contributed by atoms with Crippen molar-refractivity contribution in [2.75, 3.05) is 19.0 Å². The van der Waals surface area contributed by atoms with Crippen LogP contribution in [0.15, 0.2) is 27.1 Å². The Morgan fingerprint density at radius 2 is 2.14 bits per heavy atom. The fourth-order valence-corrected chi connectivity index (χ4v) is 2.26. The lowest BCUT2D eigenvalue weighted by atomic mass is 10.3. The van der Waals surface area contributed by atoms with Crippen LogP contribution in [0.1, 0.15) is 32.2 Å². The zero-order valence-corrected chi connectivity index (χ0v) is 13.9. The summed E-state index contributed by atoms with van der Waals surface area (Å²) in [6.45, 7) is 5.02. The summed E-state index contributed by atoms with van der Waals surface area (Å²) in [5.41, 5.74) is 0.811. The van der Waals surface area contributed by atoms with Gasteiger partial charge in [-0.15, -0.1) is 5.10 Å². The molecule has 1 aromatic heterocycles. The number of halogens is 1. The molecule has 0 spiro atoms. The number of nitrogens with zero attached hydrogens (tertiary/aromatic N) is 2. The normalized spacial score (nSPS) is 12.2. The number of rotatable bonds is 7. The van der Waals surface area contributed by atoms with Crippen LogP contribution in [0.3, 0.4) is 0 Å². The van der Waals surface area contributed by atoms with E-state index in [1.807, 2.05) is 25.1 Å². The maximum Gasteiger partial charge on any atom is 0.320 e. The van der Waals surface area contributed by atoms with E-state index in [9.17, 15) is 0 Å². The Kier molecular flexibility index (Phi) is 5.58. The highest BCUT2D eigenvalue weighted by atomic mass is 79.9. The summed E-state index contributed by atoms with van der Waals surface area (Å²) in [4.78, 5) is 0. The SMILES string of the molecule is CCCNC(C)c1nnc(Nc2cc(Br)cc(OC)c2)o1. The monoisotopic (exact) mass is 354 g/mol. The number of hydrogen-bond acceptors (Lipinski definition) is 6. The van der Waals surface area contributed by atoms with E-state index in [0.29, 0.717) is 11.9 Å². The Balaban J connectivity index is 2.07. The molecule has 0 saturated heterocycles. The van der Waals surface area contributed by atoms with Gasteiger partial charge in [0.2, 0.25) is 5.89 Å². The van der Waals surface area contributed by atoms with Crippen molar-refractivity contribution in [1.29, 1.82) is 0 Å². The molecule has 2 rings (SSSR count). The summed E-state index contributed by atoms with van der Waals surface area (Å²) in [6.07, 6.45) is 1.06. The summed E-state index contributed by atoms with van der Waals surface area (Å²) in [5.74, 6) is 1.30. The van der Waals surface area contributed by atoms with E-state index in [0.717, 1.165) is 28.9 Å². The molecule has 6 nitrogen and oxygen atoms in total. The Morgan fingerprint density at radius 3 is 2.86 bits per heavy atom. The quantitative estimate of drug-likeness (QED) is 0.790. The van der Waals surface area contributed by atoms with E-state index in [2.05, 4.69) is 43.7 Å². The fourth-order valence-electron chi connectivity index (χ4n) is 1.78. The van der Waals surface area contributed by atoms with Gasteiger partial charge in [-0.3, -0.25) is 0 Å². The van der Waals surface area contributed by atoms with Crippen LogP contribution in [0.5, 0.6) is 5.75 Å². The first-order chi connectivity index (χ1) is 10.1. The zero-order valence-electron chi connectivity index (χ0n) is 12.3. The third kappa shape index (κ3) is 4.44. The predicted molar refractivity (Wildman–Crippen MR) is 85.0 cm³/mol. The average Bonchev–Trinajstić information content (AvgIpc) is 2.92. The molecular weight excluding hydrogens is 336 g/mol. The first-order valence-corrected chi connectivity index (χ1v) is 7.60. The van der Waals surface area contributed by atoms with Crippen molar-refractivity contribution >= 4 is 27.6 Å². The van der Waals surface area contributed by atoms with Crippen molar-refractivity contribution in [3.05, 3.63) is 28.6 Å². The summed E-state index contributed by atoms with van der Waals surface area (Å²) < 4.78 is 11.7. The number of anilines is 2. The minimum Gasteiger partial charge on any atom is -0.497 e. The number of hydrogen-bond donors (Lipinski definition) is 2. The first-order valence-electron chi connectivity index (χ1n) is 6.80. The Hall–Kier alpha value is -1.60. The van der Waals surface area contributed by atoms with Gasteiger partial charge in [-0.25, -0.2) is 0 Å². The highest BCUT2D eigenvalue weighted by Crippen LogP contribution is 2.27. The van der Waals surface area contributed by atoms with E-state index in [-0.39, 0.29) is 6.04 Å². The fraction of sp³-hybridized carbons (Fsp3) is 0.429. The van der Waals surface area contributed by atoms with Crippen LogP contribution in [-0.4, -0.2) is 23.9 Å². The number of aromatic nitrogens is 2. The van der Waals surface area contributed by atoms with Crippen LogP contribution in [0.2, 0.25) is 0 Å². The lowest BCUT2D eigenvalue weighted by Crippen LogP contribution is -2.19. The maximum absolute atomic E-state index is 5.61. The predicted octanol–water partition coefficient (Wildman–Crippen LogP) is 3.64. The van der Waals surface area contributed by atoms with Gasteiger partial charge in [0.05, 0.1) is 13.2 Å². The van der Waals surface area contributed by atoms with Crippen molar-refractivity contribution in [3.8, 4) is 5.75 Å². The molecule has 0 aliphatic carbocycles. The molecule has 1 aromatic carbocycles. The minimum atomic E-state index is 0.0324. The third-order valence-corrected chi connectivity index (χ3v) is 3.33. The number of nitrogens with one attached hydrogen (secondary N) is 2. The van der Waals surface area contributed by atoms with E-state index < -0.39 is 0 Å². The molecule has 1 heterocycles. The molecular formula is C14H19BrN4O2. The molecule has 2 N–H and O–H groups in total. The molecule has 0 saturated carbocycles. The Labute approximate surface area is 132 Å². The molecule has 0 aliphatic heterocycles. The van der Waals surface area contributed by atoms with Gasteiger partial charge in [0, 0.05) is 16.2 Å². The number of ether oxygens (including phenoxy) is 1. The smallest absolute Gasteiger partial charge is 0.320 e. The maximum atomic E-state index is 5.61. The van der Waals surface area contributed by atoms with E-state index in [1.54, 1.807) is 7.11 Å². The van der Waals surface area contributed by atoms with Gasteiger partial charge in [-0.2, -0.15) is 0 Å². The molecule has 7 heteroatoms. The van der Waals surface area contributed by atoms with E-state index >= 15 is 0 Å². The average molecular weight is 355 g/mol. The second kappa shape index (κ2) is 7.42. The molecule has 21 heavy (non-hydrogen) atoms. The van der Waals surface area contributed by atoms with Crippen LogP contribution in [0.25, 0.3) is 0 Å². The van der Waals surface area contributed by atoms with Crippen molar-refractivity contribution in [1.82, 2.24) is 15.5 Å². The standard InChI is InChI=1S/C14H19BrN4O2/c1-4-5-16-9(2)13-18-19-14(21-13)17-11-6-10(15)7-12(8-11)20-3/h6-9,16H,4-5H2,1-3H3,(H,17,19). The summed E-state index contributed by atoms with van der Waals surface area (Å²) in [6, 6.07) is 6.03. The molecule has 1 atom stereocenters. The van der Waals surface area contributed by atoms with Crippen LogP contribution >= 0.6 is 15.9 Å². The molecule has 0 radical (unpaired) electrons. The van der Waals surface area contributed by atoms with Crippen molar-refractivity contribution in [3.63, 3.8) is 0 Å². The molecule has 0 aliphatic rings. The summed E-state index contributed by atoms with van der Waals surface area (Å²) in [5, 5.41) is 14.4. The molecule has 0 bridgehead atoms. The third-order valence-electron chi connectivity index (χ3n) is 2.87. The van der Waals surface area contributed by atoms with Gasteiger partial charge >= 0.3 is 6.01 Å². The molecule has 0 fully saturated rings. The van der Waals surface area contributed by atoms with E-state index in [4.69, 9.17) is 9.15 Å². The van der Waals surface area contributed by atoms with Crippen molar-refractivity contribution < 1.29 is 9.15 Å². The Morgan fingerprint density at radius 1 is 1.33 bits per heavy atom. The van der Waals surface area contributed by atoms with Crippen LogP contribution in [0.4, 0.5) is 11.7 Å². The first kappa shape index (κ1) is 15.8. The highest BCUT2D eigenvalue weighted by molar-refractivity contribution is 9.10. The zero-order chi connectivity index (χ0) is 15.2. The number of benzene rings is 1. The summed E-state index contributed by atoms with van der Waals surface area (Å²) >= 11 is 3.43. The second-order valence-electron chi connectivity index (χ2n) is 4.63. The summed E-state index contributed by atoms with van der Waals surface area (Å²) in [7, 11) is 1.62. The van der Waals surface area contributed by atoms with Crippen LogP contribution in [0, 0.1) is 0 Å². The van der Waals surface area contributed by atoms with Gasteiger partial charge in [0.15, 0.2) is 0 Å². The second-order valence-corrected chi connectivity index (χ2v) is 5.54. The highest BCUT2D eigenvalue weighted by Gasteiger charge is 2.13. The molecule has 2 aromatic rings. The van der Waals surface area contributed by atoms with Crippen LogP contribution in [-0.2, 0) is 0 Å². The van der Waals surface area contributed by atoms with Crippen molar-refractivity contribution in [2.45, 2.75) is 26.3 Å². The van der Waals surface area contributed by atoms with Gasteiger partial charge in [-0.1, -0.05) is 28.0 Å². The lowest BCUT2D eigenvalue weighted by Gasteiger charge is -2.08. The van der Waals surface area contributed by atoms with Gasteiger partial charge in [0.25, 0.3) is 0 Å². The van der Waals surface area contributed by atoms with Gasteiger partial charge in [0.1, 0.15) is 5.75 Å². The van der Waals surface area contributed by atoms with E-state index in [1.165, 1.54) is 0 Å². The van der Waals surface area contributed by atoms with Crippen LogP contribution < -0.4 is 15.4 Å². The number of methoxy groups -OCH3 is 1.